The summed E-state index contributed by atoms with van der Waals surface area (Å²) in [6.45, 7) is 7.41. The SMILES string of the molecule is C=CCOC(=O)NC(CCC(=O)O)C(C)C. The van der Waals surface area contributed by atoms with Crippen LogP contribution in [-0.2, 0) is 9.53 Å². The number of nitrogens with one attached hydrogen (secondary N) is 1. The first-order chi connectivity index (χ1) is 7.47. The van der Waals surface area contributed by atoms with Crippen molar-refractivity contribution in [3.8, 4) is 0 Å². The number of alkyl carbamates (subject to hydrolysis) is 1. The molecule has 0 aliphatic rings. The number of hydrogen-bond acceptors (Lipinski definition) is 3. The van der Waals surface area contributed by atoms with Crippen LogP contribution in [0.15, 0.2) is 12.7 Å². The third kappa shape index (κ3) is 6.86. The van der Waals surface area contributed by atoms with Crippen LogP contribution in [0.3, 0.4) is 0 Å². The third-order valence-corrected chi connectivity index (χ3v) is 2.11. The molecular weight excluding hydrogens is 210 g/mol. The highest BCUT2D eigenvalue weighted by Crippen LogP contribution is 2.08. The van der Waals surface area contributed by atoms with Crippen LogP contribution in [-0.4, -0.2) is 29.8 Å². The van der Waals surface area contributed by atoms with E-state index in [-0.39, 0.29) is 25.0 Å². The lowest BCUT2D eigenvalue weighted by atomic mass is 9.99. The zero-order chi connectivity index (χ0) is 12.6. The van der Waals surface area contributed by atoms with Crippen molar-refractivity contribution in [2.24, 2.45) is 5.92 Å². The Morgan fingerprint density at radius 1 is 1.50 bits per heavy atom. The summed E-state index contributed by atoms with van der Waals surface area (Å²) < 4.78 is 4.76. The van der Waals surface area contributed by atoms with E-state index in [2.05, 4.69) is 11.9 Å². The van der Waals surface area contributed by atoms with Gasteiger partial charge in [-0.2, -0.15) is 0 Å². The van der Waals surface area contributed by atoms with E-state index < -0.39 is 12.1 Å². The lowest BCUT2D eigenvalue weighted by molar-refractivity contribution is -0.137. The lowest BCUT2D eigenvalue weighted by Crippen LogP contribution is -2.39. The van der Waals surface area contributed by atoms with Crippen LogP contribution < -0.4 is 5.32 Å². The minimum atomic E-state index is -0.869. The fourth-order valence-electron chi connectivity index (χ4n) is 1.18. The topological polar surface area (TPSA) is 75.6 Å². The summed E-state index contributed by atoms with van der Waals surface area (Å²) in [6.07, 6.45) is 1.37. The Labute approximate surface area is 95.5 Å². The van der Waals surface area contributed by atoms with Gasteiger partial charge in [0, 0.05) is 12.5 Å². The number of carboxylic acid groups (broad SMARTS) is 1. The minimum absolute atomic E-state index is 0.0323. The van der Waals surface area contributed by atoms with Crippen molar-refractivity contribution >= 4 is 12.1 Å². The van der Waals surface area contributed by atoms with E-state index in [1.54, 1.807) is 0 Å². The van der Waals surface area contributed by atoms with Gasteiger partial charge in [0.1, 0.15) is 6.61 Å². The van der Waals surface area contributed by atoms with Crippen molar-refractivity contribution in [3.05, 3.63) is 12.7 Å². The van der Waals surface area contributed by atoms with Crippen LogP contribution in [0.5, 0.6) is 0 Å². The highest BCUT2D eigenvalue weighted by atomic mass is 16.5. The van der Waals surface area contributed by atoms with Gasteiger partial charge in [-0.3, -0.25) is 4.79 Å². The van der Waals surface area contributed by atoms with E-state index in [1.165, 1.54) is 6.08 Å². The number of aliphatic carboxylic acids is 1. The average molecular weight is 229 g/mol. The molecule has 0 radical (unpaired) electrons. The van der Waals surface area contributed by atoms with Crippen molar-refractivity contribution < 1.29 is 19.4 Å². The van der Waals surface area contributed by atoms with E-state index in [0.29, 0.717) is 6.42 Å². The molecule has 1 unspecified atom stereocenters. The maximum Gasteiger partial charge on any atom is 0.407 e. The number of carbonyl (C=O) groups is 2. The fraction of sp³-hybridized carbons (Fsp3) is 0.636. The molecule has 2 N–H and O–H groups in total. The molecule has 0 spiro atoms. The molecule has 92 valence electrons. The smallest absolute Gasteiger partial charge is 0.407 e. The first-order valence-electron chi connectivity index (χ1n) is 5.23. The second-order valence-electron chi connectivity index (χ2n) is 3.81. The summed E-state index contributed by atoms with van der Waals surface area (Å²) in [5.74, 6) is -0.706. The predicted octanol–water partition coefficient (Wildman–Crippen LogP) is 1.79. The Balaban J connectivity index is 4.06. The summed E-state index contributed by atoms with van der Waals surface area (Å²) in [5, 5.41) is 11.2. The Hall–Kier alpha value is -1.52. The molecule has 0 saturated carbocycles. The standard InChI is InChI=1S/C11H19NO4/c1-4-7-16-11(15)12-9(8(2)3)5-6-10(13)14/h4,8-9H,1,5-7H2,2-3H3,(H,12,15)(H,13,14). The lowest BCUT2D eigenvalue weighted by Gasteiger charge is -2.21. The summed E-state index contributed by atoms with van der Waals surface area (Å²) in [4.78, 5) is 21.7. The van der Waals surface area contributed by atoms with Crippen molar-refractivity contribution in [2.45, 2.75) is 32.7 Å². The summed E-state index contributed by atoms with van der Waals surface area (Å²) >= 11 is 0. The van der Waals surface area contributed by atoms with E-state index in [0.717, 1.165) is 0 Å². The van der Waals surface area contributed by atoms with E-state index in [4.69, 9.17) is 9.84 Å². The number of amides is 1. The van der Waals surface area contributed by atoms with Crippen LogP contribution in [0.2, 0.25) is 0 Å². The Bertz CT molecular complexity index is 250. The molecule has 5 nitrogen and oxygen atoms in total. The molecule has 0 rings (SSSR count). The largest absolute Gasteiger partial charge is 0.481 e. The van der Waals surface area contributed by atoms with Gasteiger partial charge in [0.05, 0.1) is 0 Å². The first-order valence-corrected chi connectivity index (χ1v) is 5.23. The van der Waals surface area contributed by atoms with Gasteiger partial charge in [0.2, 0.25) is 0 Å². The molecule has 0 bridgehead atoms. The molecule has 0 aromatic heterocycles. The number of carbonyl (C=O) groups excluding carboxylic acids is 1. The molecule has 5 heteroatoms. The molecule has 0 aliphatic heterocycles. The quantitative estimate of drug-likeness (QED) is 0.652. The van der Waals surface area contributed by atoms with Crippen molar-refractivity contribution in [2.75, 3.05) is 6.61 Å². The second-order valence-corrected chi connectivity index (χ2v) is 3.81. The third-order valence-electron chi connectivity index (χ3n) is 2.11. The molecule has 1 amide bonds. The van der Waals surface area contributed by atoms with Crippen LogP contribution in [0.25, 0.3) is 0 Å². The maximum absolute atomic E-state index is 11.2. The van der Waals surface area contributed by atoms with Crippen LogP contribution in [0.4, 0.5) is 4.79 Å². The normalized spacial score (nSPS) is 11.9. The molecular formula is C11H19NO4. The van der Waals surface area contributed by atoms with Crippen LogP contribution in [0.1, 0.15) is 26.7 Å². The van der Waals surface area contributed by atoms with Gasteiger partial charge in [-0.25, -0.2) is 4.79 Å². The van der Waals surface area contributed by atoms with Gasteiger partial charge in [0.25, 0.3) is 0 Å². The van der Waals surface area contributed by atoms with Crippen LogP contribution in [0, 0.1) is 5.92 Å². The maximum atomic E-state index is 11.2. The average Bonchev–Trinajstić information content (AvgIpc) is 2.20. The van der Waals surface area contributed by atoms with Crippen LogP contribution >= 0.6 is 0 Å². The number of rotatable bonds is 7. The molecule has 0 heterocycles. The van der Waals surface area contributed by atoms with Gasteiger partial charge in [-0.15, -0.1) is 0 Å². The summed E-state index contributed by atoms with van der Waals surface area (Å²) in [6, 6.07) is -0.187. The summed E-state index contributed by atoms with van der Waals surface area (Å²) in [7, 11) is 0. The Morgan fingerprint density at radius 2 is 2.12 bits per heavy atom. The molecule has 0 fully saturated rings. The molecule has 0 aromatic rings. The zero-order valence-electron chi connectivity index (χ0n) is 9.73. The van der Waals surface area contributed by atoms with Gasteiger partial charge in [-0.05, 0) is 12.3 Å². The first kappa shape index (κ1) is 14.5. The Morgan fingerprint density at radius 3 is 2.56 bits per heavy atom. The molecule has 0 saturated heterocycles. The van der Waals surface area contributed by atoms with Gasteiger partial charge < -0.3 is 15.2 Å². The van der Waals surface area contributed by atoms with Crippen molar-refractivity contribution in [1.82, 2.24) is 5.32 Å². The van der Waals surface area contributed by atoms with Crippen molar-refractivity contribution in [3.63, 3.8) is 0 Å². The molecule has 0 aromatic carbocycles. The summed E-state index contributed by atoms with van der Waals surface area (Å²) in [5.41, 5.74) is 0. The molecule has 0 aliphatic carbocycles. The number of ether oxygens (including phenoxy) is 1. The second kappa shape index (κ2) is 7.73. The van der Waals surface area contributed by atoms with E-state index in [1.807, 2.05) is 13.8 Å². The van der Waals surface area contributed by atoms with E-state index in [9.17, 15) is 9.59 Å². The van der Waals surface area contributed by atoms with Gasteiger partial charge in [0.15, 0.2) is 0 Å². The Kier molecular flexibility index (Phi) is 7.00. The fourth-order valence-corrected chi connectivity index (χ4v) is 1.18. The predicted molar refractivity (Wildman–Crippen MR) is 60.2 cm³/mol. The number of carboxylic acids is 1. The molecule has 16 heavy (non-hydrogen) atoms. The molecule has 1 atom stereocenters. The highest BCUT2D eigenvalue weighted by molar-refractivity contribution is 5.68. The van der Waals surface area contributed by atoms with Gasteiger partial charge in [-0.1, -0.05) is 26.5 Å². The minimum Gasteiger partial charge on any atom is -0.481 e. The van der Waals surface area contributed by atoms with Gasteiger partial charge >= 0.3 is 12.1 Å². The zero-order valence-corrected chi connectivity index (χ0v) is 9.73. The van der Waals surface area contributed by atoms with Crippen molar-refractivity contribution in [1.29, 1.82) is 0 Å². The highest BCUT2D eigenvalue weighted by Gasteiger charge is 2.17. The monoisotopic (exact) mass is 229 g/mol. The number of hydrogen-bond donors (Lipinski definition) is 2. The van der Waals surface area contributed by atoms with E-state index >= 15 is 0 Å².